The SMILES string of the molecule is CCOc1ccc2c(c1)c(C)c(C(=O)Nc1cc(OC)c(C(=O)O)cc1Cl)n2CC. The van der Waals surface area contributed by atoms with Crippen molar-refractivity contribution >= 4 is 40.1 Å². The summed E-state index contributed by atoms with van der Waals surface area (Å²) in [4.78, 5) is 24.5. The molecule has 158 valence electrons. The highest BCUT2D eigenvalue weighted by Gasteiger charge is 2.22. The first kappa shape index (κ1) is 21.5. The molecule has 2 aromatic carbocycles. The number of carboxylic acids is 1. The molecule has 0 bridgehead atoms. The van der Waals surface area contributed by atoms with Crippen molar-refractivity contribution in [3.8, 4) is 11.5 Å². The fourth-order valence-electron chi connectivity index (χ4n) is 3.55. The van der Waals surface area contributed by atoms with Gasteiger partial charge in [-0.1, -0.05) is 11.6 Å². The van der Waals surface area contributed by atoms with Crippen LogP contribution in [0.1, 0.15) is 40.3 Å². The molecule has 1 heterocycles. The molecule has 7 nitrogen and oxygen atoms in total. The number of ether oxygens (including phenoxy) is 2. The van der Waals surface area contributed by atoms with Crippen molar-refractivity contribution in [3.05, 3.63) is 52.2 Å². The molecule has 30 heavy (non-hydrogen) atoms. The predicted octanol–water partition coefficient (Wildman–Crippen LogP) is 4.98. The van der Waals surface area contributed by atoms with Crippen molar-refractivity contribution in [2.75, 3.05) is 19.0 Å². The zero-order valence-electron chi connectivity index (χ0n) is 17.2. The molecule has 1 amide bonds. The largest absolute Gasteiger partial charge is 0.496 e. The summed E-state index contributed by atoms with van der Waals surface area (Å²) in [7, 11) is 1.36. The minimum atomic E-state index is -1.17. The third-order valence-electron chi connectivity index (χ3n) is 4.90. The number of carbonyl (C=O) groups excluding carboxylic acids is 1. The number of amides is 1. The Bertz CT molecular complexity index is 1140. The maximum absolute atomic E-state index is 13.2. The summed E-state index contributed by atoms with van der Waals surface area (Å²) in [5.41, 5.74) is 2.43. The summed E-state index contributed by atoms with van der Waals surface area (Å²) in [5, 5.41) is 13.1. The van der Waals surface area contributed by atoms with Crippen LogP contribution in [0.3, 0.4) is 0 Å². The van der Waals surface area contributed by atoms with Gasteiger partial charge in [0, 0.05) is 23.5 Å². The molecule has 8 heteroatoms. The molecule has 0 aliphatic carbocycles. The van der Waals surface area contributed by atoms with E-state index in [1.54, 1.807) is 0 Å². The zero-order valence-corrected chi connectivity index (χ0v) is 18.0. The number of anilines is 1. The number of rotatable bonds is 7. The van der Waals surface area contributed by atoms with Crippen LogP contribution in [0, 0.1) is 6.92 Å². The Morgan fingerprint density at radius 3 is 2.53 bits per heavy atom. The third kappa shape index (κ3) is 3.80. The molecule has 0 aliphatic rings. The van der Waals surface area contributed by atoms with Gasteiger partial charge < -0.3 is 24.5 Å². The van der Waals surface area contributed by atoms with Crippen molar-refractivity contribution < 1.29 is 24.2 Å². The second-order valence-electron chi connectivity index (χ2n) is 6.62. The van der Waals surface area contributed by atoms with Gasteiger partial charge in [0.1, 0.15) is 22.8 Å². The van der Waals surface area contributed by atoms with Crippen molar-refractivity contribution in [1.82, 2.24) is 4.57 Å². The van der Waals surface area contributed by atoms with Crippen LogP contribution in [0.25, 0.3) is 10.9 Å². The Kier molecular flexibility index (Phi) is 6.22. The molecule has 0 saturated carbocycles. The highest BCUT2D eigenvalue weighted by atomic mass is 35.5. The van der Waals surface area contributed by atoms with E-state index in [1.165, 1.54) is 19.2 Å². The number of aryl methyl sites for hydroxylation is 2. The summed E-state index contributed by atoms with van der Waals surface area (Å²) >= 11 is 6.22. The Balaban J connectivity index is 2.05. The molecular weight excluding hydrogens is 408 g/mol. The van der Waals surface area contributed by atoms with Gasteiger partial charge in [0.25, 0.3) is 5.91 Å². The minimum Gasteiger partial charge on any atom is -0.496 e. The number of aromatic nitrogens is 1. The van der Waals surface area contributed by atoms with Crippen LogP contribution in [0.2, 0.25) is 5.02 Å². The maximum Gasteiger partial charge on any atom is 0.339 e. The first-order valence-electron chi connectivity index (χ1n) is 9.50. The van der Waals surface area contributed by atoms with Crippen molar-refractivity contribution in [3.63, 3.8) is 0 Å². The summed E-state index contributed by atoms with van der Waals surface area (Å²) in [6.07, 6.45) is 0. The molecule has 0 fully saturated rings. The number of halogens is 1. The number of nitrogens with zero attached hydrogens (tertiary/aromatic N) is 1. The number of aromatic carboxylic acids is 1. The van der Waals surface area contributed by atoms with E-state index in [4.69, 9.17) is 21.1 Å². The summed E-state index contributed by atoms with van der Waals surface area (Å²) in [6, 6.07) is 8.41. The monoisotopic (exact) mass is 430 g/mol. The van der Waals surface area contributed by atoms with E-state index in [9.17, 15) is 14.7 Å². The molecule has 0 aliphatic heterocycles. The first-order chi connectivity index (χ1) is 14.3. The third-order valence-corrected chi connectivity index (χ3v) is 5.21. The molecule has 0 atom stereocenters. The van der Waals surface area contributed by atoms with Gasteiger partial charge in [0.15, 0.2) is 0 Å². The van der Waals surface area contributed by atoms with Gasteiger partial charge in [0.2, 0.25) is 0 Å². The average molecular weight is 431 g/mol. The molecule has 0 saturated heterocycles. The number of benzene rings is 2. The summed E-state index contributed by atoms with van der Waals surface area (Å²) in [5.74, 6) is -0.670. The lowest BCUT2D eigenvalue weighted by molar-refractivity contribution is 0.0693. The van der Waals surface area contributed by atoms with Crippen LogP contribution in [0.4, 0.5) is 5.69 Å². The first-order valence-corrected chi connectivity index (χ1v) is 9.87. The molecule has 3 rings (SSSR count). The Morgan fingerprint density at radius 1 is 1.20 bits per heavy atom. The van der Waals surface area contributed by atoms with Gasteiger partial charge in [-0.15, -0.1) is 0 Å². The van der Waals surface area contributed by atoms with Gasteiger partial charge in [-0.3, -0.25) is 4.79 Å². The molecule has 2 N–H and O–H groups in total. The maximum atomic E-state index is 13.2. The van der Waals surface area contributed by atoms with Gasteiger partial charge in [-0.2, -0.15) is 0 Å². The van der Waals surface area contributed by atoms with Gasteiger partial charge in [0.05, 0.1) is 24.4 Å². The number of hydrogen-bond donors (Lipinski definition) is 2. The fraction of sp³-hybridized carbons (Fsp3) is 0.273. The lowest BCUT2D eigenvalue weighted by Gasteiger charge is -2.13. The van der Waals surface area contributed by atoms with Crippen molar-refractivity contribution in [1.29, 1.82) is 0 Å². The number of hydrogen-bond acceptors (Lipinski definition) is 4. The Morgan fingerprint density at radius 2 is 1.93 bits per heavy atom. The van der Waals surface area contributed by atoms with E-state index < -0.39 is 5.97 Å². The van der Waals surface area contributed by atoms with Crippen LogP contribution in [0.15, 0.2) is 30.3 Å². The van der Waals surface area contributed by atoms with Crippen LogP contribution in [-0.4, -0.2) is 35.3 Å². The quantitative estimate of drug-likeness (QED) is 0.551. The van der Waals surface area contributed by atoms with E-state index in [0.29, 0.717) is 18.8 Å². The van der Waals surface area contributed by atoms with Crippen LogP contribution >= 0.6 is 11.6 Å². The Labute approximate surface area is 179 Å². The Hall–Kier alpha value is -3.19. The van der Waals surface area contributed by atoms with Crippen LogP contribution in [-0.2, 0) is 6.54 Å². The fourth-order valence-corrected chi connectivity index (χ4v) is 3.76. The number of carbonyl (C=O) groups is 2. The second-order valence-corrected chi connectivity index (χ2v) is 7.03. The van der Waals surface area contributed by atoms with Crippen molar-refractivity contribution in [2.24, 2.45) is 0 Å². The predicted molar refractivity (Wildman–Crippen MR) is 116 cm³/mol. The number of carboxylic acid groups (broad SMARTS) is 1. The average Bonchev–Trinajstić information content (AvgIpc) is 3.00. The molecule has 0 spiro atoms. The highest BCUT2D eigenvalue weighted by molar-refractivity contribution is 6.34. The molecular formula is C22H23ClN2O5. The zero-order chi connectivity index (χ0) is 22.0. The summed E-state index contributed by atoms with van der Waals surface area (Å²) in [6.45, 7) is 6.91. The number of nitrogens with one attached hydrogen (secondary N) is 1. The number of methoxy groups -OCH3 is 1. The van der Waals surface area contributed by atoms with Crippen LogP contribution in [0.5, 0.6) is 11.5 Å². The van der Waals surface area contributed by atoms with E-state index in [-0.39, 0.29) is 27.9 Å². The normalized spacial score (nSPS) is 10.8. The molecule has 0 unspecified atom stereocenters. The molecule has 0 radical (unpaired) electrons. The van der Waals surface area contributed by atoms with Gasteiger partial charge in [-0.25, -0.2) is 4.79 Å². The number of fused-ring (bicyclic) bond motifs is 1. The summed E-state index contributed by atoms with van der Waals surface area (Å²) < 4.78 is 12.6. The smallest absolute Gasteiger partial charge is 0.339 e. The molecule has 3 aromatic rings. The van der Waals surface area contributed by atoms with E-state index in [0.717, 1.165) is 22.2 Å². The van der Waals surface area contributed by atoms with Gasteiger partial charge in [-0.05, 0) is 50.6 Å². The standard InChI is InChI=1S/C22H23ClN2O5/c1-5-25-18-8-7-13(30-6-2)9-14(18)12(3)20(25)21(26)24-17-11-19(29-4)15(22(27)28)10-16(17)23/h7-11H,5-6H2,1-4H3,(H,24,26)(H,27,28). The van der Waals surface area contributed by atoms with Crippen LogP contribution < -0.4 is 14.8 Å². The highest BCUT2D eigenvalue weighted by Crippen LogP contribution is 2.33. The lowest BCUT2D eigenvalue weighted by Crippen LogP contribution is -2.18. The van der Waals surface area contributed by atoms with E-state index in [2.05, 4.69) is 5.32 Å². The van der Waals surface area contributed by atoms with Gasteiger partial charge >= 0.3 is 5.97 Å². The second kappa shape index (κ2) is 8.67. The van der Waals surface area contributed by atoms with E-state index in [1.807, 2.05) is 43.5 Å². The molecule has 1 aromatic heterocycles. The lowest BCUT2D eigenvalue weighted by atomic mass is 10.1. The van der Waals surface area contributed by atoms with Crippen molar-refractivity contribution in [2.45, 2.75) is 27.3 Å². The van der Waals surface area contributed by atoms with E-state index >= 15 is 0 Å². The topological polar surface area (TPSA) is 89.8 Å². The minimum absolute atomic E-state index is 0.0807.